The second-order valence-corrected chi connectivity index (χ2v) is 5.20. The maximum absolute atomic E-state index is 9.95. The summed E-state index contributed by atoms with van der Waals surface area (Å²) in [6.45, 7) is 3.57. The van der Waals surface area contributed by atoms with Crippen LogP contribution in [0.1, 0.15) is 19.8 Å². The Morgan fingerprint density at radius 2 is 1.83 bits per heavy atom. The fourth-order valence-corrected chi connectivity index (χ4v) is 2.32. The van der Waals surface area contributed by atoms with Crippen molar-refractivity contribution < 1.29 is 5.11 Å². The molecule has 0 saturated carbocycles. The third-order valence-corrected chi connectivity index (χ3v) is 3.60. The largest absolute Gasteiger partial charge is 0.390 e. The van der Waals surface area contributed by atoms with Crippen molar-refractivity contribution in [2.45, 2.75) is 25.4 Å². The molecule has 0 aliphatic carbocycles. The van der Waals surface area contributed by atoms with Crippen molar-refractivity contribution in [1.82, 2.24) is 9.97 Å². The highest BCUT2D eigenvalue weighted by atomic mass is 16.3. The molecule has 4 nitrogen and oxygen atoms in total. The number of fused-ring (bicyclic) bond motifs is 1. The Hall–Kier alpha value is -1.68. The van der Waals surface area contributed by atoms with Crippen LogP contribution in [0.2, 0.25) is 0 Å². The molecule has 3 rings (SSSR count). The van der Waals surface area contributed by atoms with Crippen LogP contribution in [0.3, 0.4) is 0 Å². The zero-order valence-electron chi connectivity index (χ0n) is 10.5. The molecule has 0 amide bonds. The quantitative estimate of drug-likeness (QED) is 0.832. The van der Waals surface area contributed by atoms with E-state index >= 15 is 0 Å². The molecule has 1 saturated heterocycles. The van der Waals surface area contributed by atoms with Gasteiger partial charge in [-0.15, -0.1) is 0 Å². The van der Waals surface area contributed by atoms with Gasteiger partial charge in [0.15, 0.2) is 0 Å². The van der Waals surface area contributed by atoms with Gasteiger partial charge in [-0.25, -0.2) is 4.98 Å². The number of aliphatic hydroxyl groups is 1. The second kappa shape index (κ2) is 4.21. The highest BCUT2D eigenvalue weighted by Crippen LogP contribution is 2.25. The van der Waals surface area contributed by atoms with Gasteiger partial charge in [0.1, 0.15) is 5.82 Å². The molecule has 0 atom stereocenters. The van der Waals surface area contributed by atoms with Crippen molar-refractivity contribution in [2.75, 3.05) is 18.0 Å². The first-order valence-corrected chi connectivity index (χ1v) is 6.33. The average molecular weight is 243 g/mol. The molecule has 18 heavy (non-hydrogen) atoms. The maximum Gasteiger partial charge on any atom is 0.147 e. The van der Waals surface area contributed by atoms with Crippen LogP contribution < -0.4 is 4.90 Å². The van der Waals surface area contributed by atoms with E-state index < -0.39 is 5.60 Å². The molecule has 1 N–H and O–H groups in total. The van der Waals surface area contributed by atoms with Gasteiger partial charge in [0.25, 0.3) is 0 Å². The van der Waals surface area contributed by atoms with Crippen molar-refractivity contribution in [1.29, 1.82) is 0 Å². The summed E-state index contributed by atoms with van der Waals surface area (Å²) in [5.74, 6) is 0.907. The number of hydrogen-bond donors (Lipinski definition) is 1. The van der Waals surface area contributed by atoms with E-state index in [0.29, 0.717) is 0 Å². The molecule has 0 unspecified atom stereocenters. The van der Waals surface area contributed by atoms with Gasteiger partial charge < -0.3 is 10.0 Å². The predicted octanol–water partition coefficient (Wildman–Crippen LogP) is 1.98. The minimum atomic E-state index is -0.527. The molecular formula is C14H17N3O. The fraction of sp³-hybridized carbons (Fsp3) is 0.429. The average Bonchev–Trinajstić information content (AvgIpc) is 2.38. The summed E-state index contributed by atoms with van der Waals surface area (Å²) in [5.41, 5.74) is 1.32. The number of aromatic nitrogens is 2. The molecule has 1 aromatic carbocycles. The van der Waals surface area contributed by atoms with Crippen LogP contribution >= 0.6 is 0 Å². The molecule has 2 heterocycles. The van der Waals surface area contributed by atoms with E-state index in [-0.39, 0.29) is 0 Å². The molecular weight excluding hydrogens is 226 g/mol. The maximum atomic E-state index is 9.95. The van der Waals surface area contributed by atoms with E-state index in [1.54, 1.807) is 0 Å². The SMILES string of the molecule is CC1(O)CCN(c2cnc3ccccc3n2)CC1. The topological polar surface area (TPSA) is 49.2 Å². The normalized spacial score (nSPS) is 19.1. The summed E-state index contributed by atoms with van der Waals surface area (Å²) in [4.78, 5) is 11.2. The van der Waals surface area contributed by atoms with Gasteiger partial charge in [0.05, 0.1) is 22.8 Å². The van der Waals surface area contributed by atoms with E-state index in [2.05, 4.69) is 14.9 Å². The molecule has 0 spiro atoms. The van der Waals surface area contributed by atoms with Crippen LogP contribution in [-0.4, -0.2) is 33.8 Å². The summed E-state index contributed by atoms with van der Waals surface area (Å²) in [6, 6.07) is 7.88. The van der Waals surface area contributed by atoms with Gasteiger partial charge in [0, 0.05) is 13.1 Å². The van der Waals surface area contributed by atoms with E-state index in [4.69, 9.17) is 0 Å². The number of rotatable bonds is 1. The number of benzene rings is 1. The van der Waals surface area contributed by atoms with Gasteiger partial charge >= 0.3 is 0 Å². The first-order valence-electron chi connectivity index (χ1n) is 6.33. The smallest absolute Gasteiger partial charge is 0.147 e. The lowest BCUT2D eigenvalue weighted by atomic mass is 9.94. The monoisotopic (exact) mass is 243 g/mol. The minimum Gasteiger partial charge on any atom is -0.390 e. The second-order valence-electron chi connectivity index (χ2n) is 5.20. The lowest BCUT2D eigenvalue weighted by Gasteiger charge is -2.36. The van der Waals surface area contributed by atoms with Gasteiger partial charge in [0.2, 0.25) is 0 Å². The molecule has 1 aliphatic rings. The minimum absolute atomic E-state index is 0.527. The van der Waals surface area contributed by atoms with Crippen LogP contribution in [0, 0.1) is 0 Å². The van der Waals surface area contributed by atoms with Gasteiger partial charge in [-0.05, 0) is 31.9 Å². The summed E-state index contributed by atoms with van der Waals surface area (Å²) < 4.78 is 0. The number of para-hydroxylation sites is 2. The number of piperidine rings is 1. The first-order chi connectivity index (χ1) is 8.64. The number of nitrogens with zero attached hydrogens (tertiary/aromatic N) is 3. The van der Waals surface area contributed by atoms with E-state index in [9.17, 15) is 5.11 Å². The third kappa shape index (κ3) is 2.16. The highest BCUT2D eigenvalue weighted by molar-refractivity contribution is 5.75. The molecule has 1 fully saturated rings. The zero-order chi connectivity index (χ0) is 12.6. The molecule has 2 aromatic rings. The standard InChI is InChI=1S/C14H17N3O/c1-14(18)6-8-17(9-7-14)13-10-15-11-4-2-3-5-12(11)16-13/h2-5,10,18H,6-9H2,1H3. The van der Waals surface area contributed by atoms with Crippen molar-refractivity contribution in [3.05, 3.63) is 30.5 Å². The molecule has 0 bridgehead atoms. The predicted molar refractivity (Wildman–Crippen MR) is 71.6 cm³/mol. The van der Waals surface area contributed by atoms with Gasteiger partial charge in [-0.3, -0.25) is 4.98 Å². The van der Waals surface area contributed by atoms with Crippen LogP contribution in [0.5, 0.6) is 0 Å². The summed E-state index contributed by atoms with van der Waals surface area (Å²) in [6.07, 6.45) is 3.38. The van der Waals surface area contributed by atoms with Crippen molar-refractivity contribution in [2.24, 2.45) is 0 Å². The Kier molecular flexibility index (Phi) is 2.67. The molecule has 94 valence electrons. The Balaban J connectivity index is 1.87. The van der Waals surface area contributed by atoms with E-state index in [1.165, 1.54) is 0 Å². The molecule has 4 heteroatoms. The lowest BCUT2D eigenvalue weighted by molar-refractivity contribution is 0.0350. The Morgan fingerprint density at radius 1 is 1.17 bits per heavy atom. The Bertz CT molecular complexity index is 558. The summed E-state index contributed by atoms with van der Waals surface area (Å²) in [7, 11) is 0. The van der Waals surface area contributed by atoms with Crippen molar-refractivity contribution in [3.63, 3.8) is 0 Å². The van der Waals surface area contributed by atoms with Crippen molar-refractivity contribution >= 4 is 16.9 Å². The Morgan fingerprint density at radius 3 is 2.56 bits per heavy atom. The highest BCUT2D eigenvalue weighted by Gasteiger charge is 2.27. The van der Waals surface area contributed by atoms with Crippen LogP contribution in [0.25, 0.3) is 11.0 Å². The van der Waals surface area contributed by atoms with Crippen LogP contribution in [0.15, 0.2) is 30.5 Å². The lowest BCUT2D eigenvalue weighted by Crippen LogP contribution is -2.42. The van der Waals surface area contributed by atoms with Crippen molar-refractivity contribution in [3.8, 4) is 0 Å². The van der Waals surface area contributed by atoms with E-state index in [0.717, 1.165) is 42.8 Å². The molecule has 0 radical (unpaired) electrons. The van der Waals surface area contributed by atoms with Crippen LogP contribution in [-0.2, 0) is 0 Å². The number of hydrogen-bond acceptors (Lipinski definition) is 4. The summed E-state index contributed by atoms with van der Waals surface area (Å²) >= 11 is 0. The van der Waals surface area contributed by atoms with Crippen LogP contribution in [0.4, 0.5) is 5.82 Å². The first kappa shape index (κ1) is 11.4. The Labute approximate surface area is 106 Å². The molecule has 1 aliphatic heterocycles. The third-order valence-electron chi connectivity index (χ3n) is 3.60. The zero-order valence-corrected chi connectivity index (χ0v) is 10.5. The number of anilines is 1. The fourth-order valence-electron chi connectivity index (χ4n) is 2.32. The van der Waals surface area contributed by atoms with Gasteiger partial charge in [-0.2, -0.15) is 0 Å². The van der Waals surface area contributed by atoms with Gasteiger partial charge in [-0.1, -0.05) is 12.1 Å². The molecule has 1 aromatic heterocycles. The summed E-state index contributed by atoms with van der Waals surface area (Å²) in [5, 5.41) is 9.95. The van der Waals surface area contributed by atoms with E-state index in [1.807, 2.05) is 37.4 Å².